The van der Waals surface area contributed by atoms with Gasteiger partial charge in [0.1, 0.15) is 19.0 Å². The number of ketones is 1. The Labute approximate surface area is 152 Å². The number of Topliss-reactive ketones (excluding diaryl/α,β-unsaturated/α-hetero) is 1. The largest absolute Gasteiger partial charge is 0.490 e. The first-order valence-electron chi connectivity index (χ1n) is 9.00. The van der Waals surface area contributed by atoms with E-state index in [0.29, 0.717) is 25.5 Å². The van der Waals surface area contributed by atoms with E-state index in [1.807, 2.05) is 18.2 Å². The van der Waals surface area contributed by atoms with Gasteiger partial charge in [-0.25, -0.2) is 9.97 Å². The Morgan fingerprint density at radius 1 is 1.04 bits per heavy atom. The van der Waals surface area contributed by atoms with Gasteiger partial charge >= 0.3 is 0 Å². The fourth-order valence-electron chi connectivity index (χ4n) is 3.40. The molecule has 7 heteroatoms. The van der Waals surface area contributed by atoms with Crippen molar-refractivity contribution in [3.8, 4) is 11.6 Å². The Morgan fingerprint density at radius 2 is 1.85 bits per heavy atom. The molecule has 0 amide bonds. The minimum Gasteiger partial charge on any atom is -0.490 e. The van der Waals surface area contributed by atoms with Gasteiger partial charge in [0.25, 0.3) is 5.88 Å². The zero-order chi connectivity index (χ0) is 17.8. The normalized spacial score (nSPS) is 16.5. The number of nitrogens with zero attached hydrogens (tertiary/aromatic N) is 3. The molecule has 1 fully saturated rings. The molecule has 0 spiro atoms. The first-order valence-corrected chi connectivity index (χ1v) is 9.00. The van der Waals surface area contributed by atoms with Crippen LogP contribution in [0, 0.1) is 0 Å². The first-order chi connectivity index (χ1) is 12.8. The standard InChI is InChI=1S/C19H22N4O3/c24-16-5-4-15-14(16)2-1-3-17(15)25-12-13-26-19-18(21-6-7-22-19)23-10-8-20-9-11-23/h1-3,6-7,20H,4-5,8-13H2. The van der Waals surface area contributed by atoms with Crippen LogP contribution in [0.3, 0.4) is 0 Å². The van der Waals surface area contributed by atoms with Crippen molar-refractivity contribution < 1.29 is 14.3 Å². The van der Waals surface area contributed by atoms with E-state index in [2.05, 4.69) is 20.2 Å². The van der Waals surface area contributed by atoms with Crippen molar-refractivity contribution in [3.05, 3.63) is 41.7 Å². The summed E-state index contributed by atoms with van der Waals surface area (Å²) in [4.78, 5) is 22.7. The fourth-order valence-corrected chi connectivity index (χ4v) is 3.40. The van der Waals surface area contributed by atoms with Crippen molar-refractivity contribution in [3.63, 3.8) is 0 Å². The molecule has 2 heterocycles. The van der Waals surface area contributed by atoms with Crippen LogP contribution in [0.4, 0.5) is 5.82 Å². The molecule has 7 nitrogen and oxygen atoms in total. The molecule has 1 aliphatic heterocycles. The molecule has 1 aromatic carbocycles. The number of carbonyl (C=O) groups excluding carboxylic acids is 1. The van der Waals surface area contributed by atoms with E-state index in [1.54, 1.807) is 12.4 Å². The molecule has 1 aliphatic carbocycles. The maximum Gasteiger partial charge on any atom is 0.257 e. The van der Waals surface area contributed by atoms with Gasteiger partial charge in [-0.05, 0) is 12.5 Å². The summed E-state index contributed by atoms with van der Waals surface area (Å²) in [5.74, 6) is 2.28. The van der Waals surface area contributed by atoms with Gasteiger partial charge in [-0.15, -0.1) is 0 Å². The van der Waals surface area contributed by atoms with Crippen LogP contribution in [0.5, 0.6) is 11.6 Å². The average molecular weight is 354 g/mol. The van der Waals surface area contributed by atoms with E-state index < -0.39 is 0 Å². The number of rotatable bonds is 6. The predicted molar refractivity (Wildman–Crippen MR) is 97.2 cm³/mol. The van der Waals surface area contributed by atoms with Crippen LogP contribution >= 0.6 is 0 Å². The summed E-state index contributed by atoms with van der Waals surface area (Å²) in [5, 5.41) is 3.32. The number of fused-ring (bicyclic) bond motifs is 1. The highest BCUT2D eigenvalue weighted by atomic mass is 16.5. The Bertz CT molecular complexity index is 790. The molecule has 2 aromatic rings. The number of carbonyl (C=O) groups is 1. The summed E-state index contributed by atoms with van der Waals surface area (Å²) in [7, 11) is 0. The van der Waals surface area contributed by atoms with E-state index in [4.69, 9.17) is 9.47 Å². The van der Waals surface area contributed by atoms with E-state index in [-0.39, 0.29) is 5.78 Å². The van der Waals surface area contributed by atoms with Gasteiger partial charge in [-0.3, -0.25) is 4.79 Å². The van der Waals surface area contributed by atoms with Crippen LogP contribution in [0.25, 0.3) is 0 Å². The highest BCUT2D eigenvalue weighted by molar-refractivity contribution is 6.01. The number of hydrogen-bond donors (Lipinski definition) is 1. The highest BCUT2D eigenvalue weighted by Gasteiger charge is 2.22. The molecule has 0 radical (unpaired) electrons. The predicted octanol–water partition coefficient (Wildman–Crippen LogP) is 1.47. The summed E-state index contributed by atoms with van der Waals surface area (Å²) in [5.41, 5.74) is 1.80. The van der Waals surface area contributed by atoms with Crippen LogP contribution in [0.15, 0.2) is 30.6 Å². The molecule has 0 saturated carbocycles. The summed E-state index contributed by atoms with van der Waals surface area (Å²) >= 11 is 0. The van der Waals surface area contributed by atoms with Crippen LogP contribution in [0.2, 0.25) is 0 Å². The SMILES string of the molecule is O=C1CCc2c(OCCOc3nccnc3N3CCNCC3)cccc21. The van der Waals surface area contributed by atoms with Crippen LogP contribution in [-0.4, -0.2) is 55.1 Å². The Hall–Kier alpha value is -2.67. The van der Waals surface area contributed by atoms with Gasteiger partial charge in [-0.1, -0.05) is 12.1 Å². The molecule has 1 N–H and O–H groups in total. The molecule has 2 aliphatic rings. The van der Waals surface area contributed by atoms with Crippen LogP contribution < -0.4 is 19.7 Å². The number of ether oxygens (including phenoxy) is 2. The lowest BCUT2D eigenvalue weighted by Crippen LogP contribution is -2.44. The Morgan fingerprint density at radius 3 is 2.73 bits per heavy atom. The van der Waals surface area contributed by atoms with E-state index in [9.17, 15) is 4.79 Å². The van der Waals surface area contributed by atoms with Crippen molar-refractivity contribution in [1.82, 2.24) is 15.3 Å². The minimum atomic E-state index is 0.196. The topological polar surface area (TPSA) is 76.6 Å². The summed E-state index contributed by atoms with van der Waals surface area (Å²) in [6, 6.07) is 5.64. The third-order valence-electron chi connectivity index (χ3n) is 4.68. The Kier molecular flexibility index (Phi) is 4.97. The number of piperazine rings is 1. The van der Waals surface area contributed by atoms with Gasteiger partial charge in [0.15, 0.2) is 11.6 Å². The fraction of sp³-hybridized carbons (Fsp3) is 0.421. The Balaban J connectivity index is 1.35. The third kappa shape index (κ3) is 3.48. The molecule has 0 atom stereocenters. The molecular formula is C19H22N4O3. The number of nitrogens with one attached hydrogen (secondary N) is 1. The highest BCUT2D eigenvalue weighted by Crippen LogP contribution is 2.30. The van der Waals surface area contributed by atoms with Crippen molar-refractivity contribution in [2.75, 3.05) is 44.3 Å². The first kappa shape index (κ1) is 16.8. The molecular weight excluding hydrogens is 332 g/mol. The van der Waals surface area contributed by atoms with Crippen LogP contribution in [-0.2, 0) is 6.42 Å². The second-order valence-corrected chi connectivity index (χ2v) is 6.32. The molecule has 1 saturated heterocycles. The second kappa shape index (κ2) is 7.70. The van der Waals surface area contributed by atoms with Gasteiger partial charge < -0.3 is 19.7 Å². The van der Waals surface area contributed by atoms with Crippen LogP contribution in [0.1, 0.15) is 22.3 Å². The van der Waals surface area contributed by atoms with E-state index in [1.165, 1.54) is 0 Å². The van der Waals surface area contributed by atoms with Crippen molar-refractivity contribution >= 4 is 11.6 Å². The molecule has 1 aromatic heterocycles. The maximum absolute atomic E-state index is 11.8. The number of hydrogen-bond acceptors (Lipinski definition) is 7. The second-order valence-electron chi connectivity index (χ2n) is 6.32. The van der Waals surface area contributed by atoms with Crippen molar-refractivity contribution in [2.24, 2.45) is 0 Å². The molecule has 0 unspecified atom stereocenters. The molecule has 0 bridgehead atoms. The van der Waals surface area contributed by atoms with Crippen molar-refractivity contribution in [2.45, 2.75) is 12.8 Å². The lowest BCUT2D eigenvalue weighted by molar-refractivity contribution is 0.0994. The third-order valence-corrected chi connectivity index (χ3v) is 4.68. The zero-order valence-electron chi connectivity index (χ0n) is 14.6. The van der Waals surface area contributed by atoms with Gasteiger partial charge in [0, 0.05) is 56.1 Å². The summed E-state index contributed by atoms with van der Waals surface area (Å²) in [6.45, 7) is 4.39. The average Bonchev–Trinajstić information content (AvgIpc) is 3.08. The van der Waals surface area contributed by atoms with Gasteiger partial charge in [-0.2, -0.15) is 0 Å². The molecule has 26 heavy (non-hydrogen) atoms. The zero-order valence-corrected chi connectivity index (χ0v) is 14.6. The van der Waals surface area contributed by atoms with Gasteiger partial charge in [0.2, 0.25) is 0 Å². The summed E-state index contributed by atoms with van der Waals surface area (Å²) in [6.07, 6.45) is 4.64. The lowest BCUT2D eigenvalue weighted by Gasteiger charge is -2.28. The summed E-state index contributed by atoms with van der Waals surface area (Å²) < 4.78 is 11.7. The number of anilines is 1. The van der Waals surface area contributed by atoms with Gasteiger partial charge in [0.05, 0.1) is 0 Å². The monoisotopic (exact) mass is 354 g/mol. The maximum atomic E-state index is 11.8. The molecule has 4 rings (SSSR count). The van der Waals surface area contributed by atoms with E-state index >= 15 is 0 Å². The number of aromatic nitrogens is 2. The molecule has 136 valence electrons. The quantitative estimate of drug-likeness (QED) is 0.787. The minimum absolute atomic E-state index is 0.196. The van der Waals surface area contributed by atoms with E-state index in [0.717, 1.165) is 55.3 Å². The van der Waals surface area contributed by atoms with Crippen molar-refractivity contribution in [1.29, 1.82) is 0 Å². The smallest absolute Gasteiger partial charge is 0.257 e. The number of benzene rings is 1. The lowest BCUT2D eigenvalue weighted by atomic mass is 10.1.